The molecule has 6 heteroatoms. The Morgan fingerprint density at radius 1 is 1.06 bits per heavy atom. The zero-order valence-electron chi connectivity index (χ0n) is 9.70. The number of aliphatic carboxylic acids is 1. The Balaban J connectivity index is 2.56. The molecular formula is C12H14O5S. The van der Waals surface area contributed by atoms with Gasteiger partial charge in [-0.15, -0.1) is 0 Å². The van der Waals surface area contributed by atoms with Crippen molar-refractivity contribution in [2.75, 3.05) is 5.75 Å². The lowest BCUT2D eigenvalue weighted by molar-refractivity contribution is -0.137. The van der Waals surface area contributed by atoms with Crippen LogP contribution in [0.2, 0.25) is 0 Å². The molecule has 0 aromatic heterocycles. The van der Waals surface area contributed by atoms with E-state index in [0.29, 0.717) is 0 Å². The van der Waals surface area contributed by atoms with Crippen molar-refractivity contribution in [3.8, 4) is 0 Å². The van der Waals surface area contributed by atoms with E-state index in [1.807, 2.05) is 0 Å². The van der Waals surface area contributed by atoms with E-state index in [-0.39, 0.29) is 24.2 Å². The van der Waals surface area contributed by atoms with Gasteiger partial charge in [0.2, 0.25) is 0 Å². The standard InChI is InChI=1S/C12H14O5S/c13-10(5-4-8-12(14)15)9-18(16,17)11-6-2-1-3-7-11/h1-3,6-7H,4-5,8-9H2,(H,14,15). The Labute approximate surface area is 105 Å². The third-order valence-corrected chi connectivity index (χ3v) is 3.99. The van der Waals surface area contributed by atoms with Gasteiger partial charge in [-0.2, -0.15) is 0 Å². The summed E-state index contributed by atoms with van der Waals surface area (Å²) in [4.78, 5) is 21.8. The fourth-order valence-electron chi connectivity index (χ4n) is 1.43. The first kappa shape index (κ1) is 14.4. The van der Waals surface area contributed by atoms with Gasteiger partial charge in [0.15, 0.2) is 9.84 Å². The molecule has 0 fully saturated rings. The minimum absolute atomic E-state index is 0.0294. The van der Waals surface area contributed by atoms with Gasteiger partial charge in [-0.25, -0.2) is 8.42 Å². The molecule has 0 unspecified atom stereocenters. The Bertz CT molecular complexity index is 519. The number of carboxylic acid groups (broad SMARTS) is 1. The molecule has 0 aliphatic carbocycles. The number of sulfone groups is 1. The number of carboxylic acids is 1. The van der Waals surface area contributed by atoms with Crippen LogP contribution in [0.3, 0.4) is 0 Å². The zero-order chi connectivity index (χ0) is 13.6. The first-order valence-corrected chi connectivity index (χ1v) is 7.08. The van der Waals surface area contributed by atoms with Gasteiger partial charge >= 0.3 is 5.97 Å². The van der Waals surface area contributed by atoms with Crippen LogP contribution >= 0.6 is 0 Å². The molecule has 0 heterocycles. The van der Waals surface area contributed by atoms with E-state index < -0.39 is 27.3 Å². The van der Waals surface area contributed by atoms with Gasteiger partial charge in [0.05, 0.1) is 4.90 Å². The molecule has 0 aliphatic rings. The molecule has 0 amide bonds. The van der Waals surface area contributed by atoms with Crippen LogP contribution in [0.15, 0.2) is 35.2 Å². The van der Waals surface area contributed by atoms with Crippen LogP contribution in [0.5, 0.6) is 0 Å². The highest BCUT2D eigenvalue weighted by Gasteiger charge is 2.18. The van der Waals surface area contributed by atoms with Gasteiger partial charge < -0.3 is 5.11 Å². The van der Waals surface area contributed by atoms with Crippen molar-refractivity contribution in [3.05, 3.63) is 30.3 Å². The Morgan fingerprint density at radius 3 is 2.22 bits per heavy atom. The lowest BCUT2D eigenvalue weighted by Crippen LogP contribution is -2.16. The normalized spacial score (nSPS) is 11.1. The van der Waals surface area contributed by atoms with Gasteiger partial charge in [-0.05, 0) is 18.6 Å². The highest BCUT2D eigenvalue weighted by Crippen LogP contribution is 2.11. The van der Waals surface area contributed by atoms with E-state index in [2.05, 4.69) is 0 Å². The van der Waals surface area contributed by atoms with Crippen LogP contribution in [-0.4, -0.2) is 31.0 Å². The van der Waals surface area contributed by atoms with Crippen molar-refractivity contribution in [2.45, 2.75) is 24.2 Å². The second-order valence-electron chi connectivity index (χ2n) is 3.86. The summed E-state index contributed by atoms with van der Waals surface area (Å²) in [5.41, 5.74) is 0. The molecule has 1 rings (SSSR count). The van der Waals surface area contributed by atoms with Gasteiger partial charge in [-0.1, -0.05) is 18.2 Å². The summed E-state index contributed by atoms with van der Waals surface area (Å²) in [5, 5.41) is 8.41. The van der Waals surface area contributed by atoms with E-state index >= 15 is 0 Å². The second-order valence-corrected chi connectivity index (χ2v) is 5.85. The third kappa shape index (κ3) is 4.67. The van der Waals surface area contributed by atoms with E-state index in [1.165, 1.54) is 12.1 Å². The van der Waals surface area contributed by atoms with Crippen LogP contribution in [0, 0.1) is 0 Å². The minimum atomic E-state index is -3.61. The lowest BCUT2D eigenvalue weighted by atomic mass is 10.2. The third-order valence-electron chi connectivity index (χ3n) is 2.30. The highest BCUT2D eigenvalue weighted by atomic mass is 32.2. The van der Waals surface area contributed by atoms with Crippen molar-refractivity contribution in [1.82, 2.24) is 0 Å². The summed E-state index contributed by atoms with van der Waals surface area (Å²) in [6, 6.07) is 7.72. The van der Waals surface area contributed by atoms with E-state index in [0.717, 1.165) is 0 Å². The quantitative estimate of drug-likeness (QED) is 0.806. The van der Waals surface area contributed by atoms with Crippen molar-refractivity contribution < 1.29 is 23.1 Å². The predicted octanol–water partition coefficient (Wildman–Crippen LogP) is 1.28. The lowest BCUT2D eigenvalue weighted by Gasteiger charge is -2.03. The molecule has 18 heavy (non-hydrogen) atoms. The summed E-state index contributed by atoms with van der Waals surface area (Å²) >= 11 is 0. The van der Waals surface area contributed by atoms with E-state index in [4.69, 9.17) is 5.11 Å². The smallest absolute Gasteiger partial charge is 0.303 e. The van der Waals surface area contributed by atoms with Crippen LogP contribution in [0.1, 0.15) is 19.3 Å². The molecule has 0 radical (unpaired) electrons. The number of Topliss-reactive ketones (excluding diaryl/α,β-unsaturated/α-hetero) is 1. The molecule has 98 valence electrons. The second kappa shape index (κ2) is 6.30. The van der Waals surface area contributed by atoms with Crippen molar-refractivity contribution in [2.24, 2.45) is 0 Å². The van der Waals surface area contributed by atoms with Crippen LogP contribution in [0.4, 0.5) is 0 Å². The molecule has 1 aromatic carbocycles. The van der Waals surface area contributed by atoms with Crippen LogP contribution in [-0.2, 0) is 19.4 Å². The van der Waals surface area contributed by atoms with Crippen molar-refractivity contribution in [1.29, 1.82) is 0 Å². The Hall–Kier alpha value is -1.69. The summed E-state index contributed by atoms with van der Waals surface area (Å²) < 4.78 is 23.6. The van der Waals surface area contributed by atoms with Crippen LogP contribution < -0.4 is 0 Å². The summed E-state index contributed by atoms with van der Waals surface area (Å²) in [6.45, 7) is 0. The molecular weight excluding hydrogens is 256 g/mol. The number of carbonyl (C=O) groups excluding carboxylic acids is 1. The van der Waals surface area contributed by atoms with Gasteiger partial charge in [0.25, 0.3) is 0 Å². The molecule has 0 atom stereocenters. The maximum atomic E-state index is 11.8. The van der Waals surface area contributed by atoms with E-state index in [9.17, 15) is 18.0 Å². The number of ketones is 1. The van der Waals surface area contributed by atoms with E-state index in [1.54, 1.807) is 18.2 Å². The Kier molecular flexibility index (Phi) is 5.03. The summed E-state index contributed by atoms with van der Waals surface area (Å²) in [5.74, 6) is -2.02. The fraction of sp³-hybridized carbons (Fsp3) is 0.333. The maximum absolute atomic E-state index is 11.8. The maximum Gasteiger partial charge on any atom is 0.303 e. The zero-order valence-corrected chi connectivity index (χ0v) is 10.5. The number of benzene rings is 1. The molecule has 0 spiro atoms. The van der Waals surface area contributed by atoms with Gasteiger partial charge in [0, 0.05) is 12.8 Å². The largest absolute Gasteiger partial charge is 0.481 e. The molecule has 0 bridgehead atoms. The predicted molar refractivity (Wildman–Crippen MR) is 65.0 cm³/mol. The molecule has 1 N–H and O–H groups in total. The minimum Gasteiger partial charge on any atom is -0.481 e. The monoisotopic (exact) mass is 270 g/mol. The fourth-order valence-corrected chi connectivity index (χ4v) is 2.74. The summed E-state index contributed by atoms with van der Waals surface area (Å²) in [6.07, 6.45) is 0.00790. The molecule has 1 aromatic rings. The number of hydrogen-bond acceptors (Lipinski definition) is 4. The first-order chi connectivity index (χ1) is 8.42. The topological polar surface area (TPSA) is 88.5 Å². The molecule has 0 saturated carbocycles. The van der Waals surface area contributed by atoms with Crippen molar-refractivity contribution in [3.63, 3.8) is 0 Å². The molecule has 5 nitrogen and oxygen atoms in total. The summed E-state index contributed by atoms with van der Waals surface area (Å²) in [7, 11) is -3.61. The highest BCUT2D eigenvalue weighted by molar-refractivity contribution is 7.92. The van der Waals surface area contributed by atoms with Gasteiger partial charge in [0.1, 0.15) is 11.5 Å². The molecule has 0 aliphatic heterocycles. The van der Waals surface area contributed by atoms with Gasteiger partial charge in [-0.3, -0.25) is 9.59 Å². The first-order valence-electron chi connectivity index (χ1n) is 5.43. The number of carbonyl (C=O) groups is 2. The van der Waals surface area contributed by atoms with Crippen LogP contribution in [0.25, 0.3) is 0 Å². The SMILES string of the molecule is O=C(O)CCCC(=O)CS(=O)(=O)c1ccccc1. The Morgan fingerprint density at radius 2 is 1.67 bits per heavy atom. The average Bonchev–Trinajstić information content (AvgIpc) is 2.29. The van der Waals surface area contributed by atoms with Crippen molar-refractivity contribution >= 4 is 21.6 Å². The molecule has 0 saturated heterocycles. The number of rotatable bonds is 7. The average molecular weight is 270 g/mol. The number of hydrogen-bond donors (Lipinski definition) is 1.